The van der Waals surface area contributed by atoms with E-state index in [0.29, 0.717) is 12.0 Å². The van der Waals surface area contributed by atoms with E-state index in [4.69, 9.17) is 5.11 Å². The first-order valence-electron chi connectivity index (χ1n) is 5.75. The van der Waals surface area contributed by atoms with Crippen molar-refractivity contribution in [1.29, 1.82) is 0 Å². The third-order valence-corrected chi connectivity index (χ3v) is 2.81. The zero-order valence-corrected chi connectivity index (χ0v) is 10.0. The molecule has 4 nitrogen and oxygen atoms in total. The van der Waals surface area contributed by atoms with E-state index >= 15 is 0 Å². The third-order valence-electron chi connectivity index (χ3n) is 2.81. The molecule has 0 spiro atoms. The molecule has 0 aliphatic rings. The standard InChI is InChI=1S/C14H12FNO3/c15-12-4-2-1-3-10(12)7-8-16-9-11(14(18)19)5-6-13(16)17/h1-6,9H,7-8H2,(H,18,19). The molecule has 0 radical (unpaired) electrons. The number of carbonyl (C=O) groups is 1. The van der Waals surface area contributed by atoms with Crippen LogP contribution < -0.4 is 5.56 Å². The van der Waals surface area contributed by atoms with Crippen molar-refractivity contribution >= 4 is 5.97 Å². The minimum atomic E-state index is -1.10. The van der Waals surface area contributed by atoms with Gasteiger partial charge < -0.3 is 9.67 Å². The molecule has 0 saturated heterocycles. The van der Waals surface area contributed by atoms with Gasteiger partial charge in [0.25, 0.3) is 5.56 Å². The number of hydrogen-bond donors (Lipinski definition) is 1. The lowest BCUT2D eigenvalue weighted by Gasteiger charge is -2.07. The third kappa shape index (κ3) is 3.07. The molecule has 1 heterocycles. The van der Waals surface area contributed by atoms with E-state index < -0.39 is 5.97 Å². The van der Waals surface area contributed by atoms with Crippen LogP contribution >= 0.6 is 0 Å². The maximum Gasteiger partial charge on any atom is 0.337 e. The average Bonchev–Trinajstić information content (AvgIpc) is 2.39. The predicted molar refractivity (Wildman–Crippen MR) is 67.8 cm³/mol. The van der Waals surface area contributed by atoms with Gasteiger partial charge in [0.05, 0.1) is 5.56 Å². The molecule has 98 valence electrons. The van der Waals surface area contributed by atoms with Crippen molar-refractivity contribution in [2.45, 2.75) is 13.0 Å². The van der Waals surface area contributed by atoms with Gasteiger partial charge in [-0.3, -0.25) is 4.79 Å². The zero-order chi connectivity index (χ0) is 13.8. The number of halogens is 1. The molecular weight excluding hydrogens is 249 g/mol. The van der Waals surface area contributed by atoms with E-state index in [9.17, 15) is 14.0 Å². The van der Waals surface area contributed by atoms with Gasteiger partial charge in [0.2, 0.25) is 0 Å². The lowest BCUT2D eigenvalue weighted by Crippen LogP contribution is -2.21. The summed E-state index contributed by atoms with van der Waals surface area (Å²) < 4.78 is 14.7. The van der Waals surface area contributed by atoms with Crippen molar-refractivity contribution in [1.82, 2.24) is 4.57 Å². The Morgan fingerprint density at radius 1 is 1.21 bits per heavy atom. The van der Waals surface area contributed by atoms with Crippen LogP contribution in [0.4, 0.5) is 4.39 Å². The maximum absolute atomic E-state index is 13.4. The van der Waals surface area contributed by atoms with E-state index in [1.54, 1.807) is 18.2 Å². The SMILES string of the molecule is O=C(O)c1ccc(=O)n(CCc2ccccc2F)c1. The van der Waals surface area contributed by atoms with Crippen LogP contribution in [0.1, 0.15) is 15.9 Å². The fraction of sp³-hybridized carbons (Fsp3) is 0.143. The Labute approximate surface area is 108 Å². The average molecular weight is 261 g/mol. The lowest BCUT2D eigenvalue weighted by molar-refractivity contribution is 0.0696. The molecule has 1 N–H and O–H groups in total. The summed E-state index contributed by atoms with van der Waals surface area (Å²) >= 11 is 0. The minimum absolute atomic E-state index is 0.0353. The molecule has 0 aliphatic heterocycles. The van der Waals surface area contributed by atoms with Crippen LogP contribution in [0, 0.1) is 5.82 Å². The summed E-state index contributed by atoms with van der Waals surface area (Å²) in [5, 5.41) is 8.85. The van der Waals surface area contributed by atoms with Crippen molar-refractivity contribution in [2.75, 3.05) is 0 Å². The van der Waals surface area contributed by atoms with Gasteiger partial charge in [-0.1, -0.05) is 18.2 Å². The number of aromatic carboxylic acids is 1. The Morgan fingerprint density at radius 2 is 1.95 bits per heavy atom. The summed E-state index contributed by atoms with van der Waals surface area (Å²) in [6.07, 6.45) is 1.60. The molecule has 5 heteroatoms. The van der Waals surface area contributed by atoms with Crippen LogP contribution in [0.25, 0.3) is 0 Å². The Morgan fingerprint density at radius 3 is 2.63 bits per heavy atom. The number of aromatic nitrogens is 1. The minimum Gasteiger partial charge on any atom is -0.478 e. The maximum atomic E-state index is 13.4. The number of pyridine rings is 1. The highest BCUT2D eigenvalue weighted by Crippen LogP contribution is 2.08. The van der Waals surface area contributed by atoms with Crippen molar-refractivity contribution in [3.05, 3.63) is 69.9 Å². The molecule has 1 aromatic heterocycles. The van der Waals surface area contributed by atoms with Crippen LogP contribution in [0.5, 0.6) is 0 Å². The van der Waals surface area contributed by atoms with Gasteiger partial charge in [-0.05, 0) is 24.1 Å². The van der Waals surface area contributed by atoms with E-state index in [1.807, 2.05) is 0 Å². The Hall–Kier alpha value is -2.43. The molecule has 0 bridgehead atoms. The van der Waals surface area contributed by atoms with Gasteiger partial charge in [-0.15, -0.1) is 0 Å². The lowest BCUT2D eigenvalue weighted by atomic mass is 10.1. The van der Waals surface area contributed by atoms with E-state index in [1.165, 1.54) is 29.0 Å². The topological polar surface area (TPSA) is 59.3 Å². The number of aryl methyl sites for hydroxylation is 2. The van der Waals surface area contributed by atoms with E-state index in [-0.39, 0.29) is 23.5 Å². The summed E-state index contributed by atoms with van der Waals surface area (Å²) in [5.41, 5.74) is 0.226. The van der Waals surface area contributed by atoms with Crippen molar-refractivity contribution in [3.63, 3.8) is 0 Å². The van der Waals surface area contributed by atoms with Gasteiger partial charge in [0.15, 0.2) is 0 Å². The fourth-order valence-electron chi connectivity index (χ4n) is 1.77. The second kappa shape index (κ2) is 5.48. The number of benzene rings is 1. The largest absolute Gasteiger partial charge is 0.478 e. The smallest absolute Gasteiger partial charge is 0.337 e. The highest BCUT2D eigenvalue weighted by molar-refractivity contribution is 5.87. The molecule has 2 aromatic rings. The molecule has 0 amide bonds. The summed E-state index contributed by atoms with van der Waals surface area (Å²) in [4.78, 5) is 22.4. The summed E-state index contributed by atoms with van der Waals surface area (Å²) in [5.74, 6) is -1.43. The van der Waals surface area contributed by atoms with Crippen LogP contribution in [0.3, 0.4) is 0 Å². The molecule has 0 fully saturated rings. The summed E-state index contributed by atoms with van der Waals surface area (Å²) in [6, 6.07) is 8.76. The van der Waals surface area contributed by atoms with E-state index in [2.05, 4.69) is 0 Å². The molecule has 1 aromatic carbocycles. The molecule has 0 saturated carbocycles. The van der Waals surface area contributed by atoms with Crippen LogP contribution in [-0.2, 0) is 13.0 Å². The van der Waals surface area contributed by atoms with Crippen molar-refractivity contribution in [3.8, 4) is 0 Å². The first-order valence-corrected chi connectivity index (χ1v) is 5.75. The Kier molecular flexibility index (Phi) is 3.75. The monoisotopic (exact) mass is 261 g/mol. The molecule has 0 unspecified atom stereocenters. The van der Waals surface area contributed by atoms with E-state index in [0.717, 1.165) is 0 Å². The number of nitrogens with zero attached hydrogens (tertiary/aromatic N) is 1. The zero-order valence-electron chi connectivity index (χ0n) is 10.0. The second-order valence-corrected chi connectivity index (χ2v) is 4.10. The summed E-state index contributed by atoms with van der Waals surface area (Å²) in [6.45, 7) is 0.237. The molecule has 2 rings (SSSR count). The first kappa shape index (κ1) is 13.0. The molecule has 0 aliphatic carbocycles. The number of carboxylic acids is 1. The van der Waals surface area contributed by atoms with Crippen molar-refractivity contribution < 1.29 is 14.3 Å². The quantitative estimate of drug-likeness (QED) is 0.914. The molecule has 19 heavy (non-hydrogen) atoms. The van der Waals surface area contributed by atoms with Gasteiger partial charge >= 0.3 is 5.97 Å². The van der Waals surface area contributed by atoms with Gasteiger partial charge in [-0.2, -0.15) is 0 Å². The van der Waals surface area contributed by atoms with Gasteiger partial charge in [0.1, 0.15) is 5.82 Å². The second-order valence-electron chi connectivity index (χ2n) is 4.10. The fourth-order valence-corrected chi connectivity index (χ4v) is 1.77. The van der Waals surface area contributed by atoms with Crippen LogP contribution in [-0.4, -0.2) is 15.6 Å². The number of hydrogen-bond acceptors (Lipinski definition) is 2. The predicted octanol–water partition coefficient (Wildman–Crippen LogP) is 1.93. The Bertz CT molecular complexity index is 664. The van der Waals surface area contributed by atoms with Crippen molar-refractivity contribution in [2.24, 2.45) is 0 Å². The van der Waals surface area contributed by atoms with Crippen LogP contribution in [0.2, 0.25) is 0 Å². The van der Waals surface area contributed by atoms with Gasteiger partial charge in [-0.25, -0.2) is 9.18 Å². The number of rotatable bonds is 4. The normalized spacial score (nSPS) is 10.4. The van der Waals surface area contributed by atoms with Crippen LogP contribution in [0.15, 0.2) is 47.4 Å². The Balaban J connectivity index is 2.20. The highest BCUT2D eigenvalue weighted by atomic mass is 19.1. The highest BCUT2D eigenvalue weighted by Gasteiger charge is 2.06. The van der Waals surface area contributed by atoms with Gasteiger partial charge in [0, 0.05) is 18.8 Å². The summed E-state index contributed by atoms with van der Waals surface area (Å²) in [7, 11) is 0. The first-order chi connectivity index (χ1) is 9.08. The molecular formula is C14H12FNO3. The molecule has 0 atom stereocenters. The number of carboxylic acid groups (broad SMARTS) is 1.